The maximum absolute atomic E-state index is 12.4. The number of amides is 1. The van der Waals surface area contributed by atoms with Crippen LogP contribution in [0.15, 0.2) is 91.0 Å². The van der Waals surface area contributed by atoms with Gasteiger partial charge in [-0.3, -0.25) is 10.2 Å². The average Bonchev–Trinajstić information content (AvgIpc) is 2.73. The van der Waals surface area contributed by atoms with Gasteiger partial charge in [0, 0.05) is 16.8 Å². The van der Waals surface area contributed by atoms with E-state index in [-0.39, 0.29) is 11.9 Å². The Kier molecular flexibility index (Phi) is 4.25. The topological polar surface area (TPSA) is 58.4 Å². The van der Waals surface area contributed by atoms with Gasteiger partial charge >= 0.3 is 0 Å². The van der Waals surface area contributed by atoms with Crippen LogP contribution in [0.25, 0.3) is 5.57 Å². The molecule has 0 radical (unpaired) electrons. The van der Waals surface area contributed by atoms with Gasteiger partial charge in [-0.1, -0.05) is 66.7 Å². The molecule has 4 rings (SSSR count). The Morgan fingerprint density at radius 2 is 1.46 bits per heavy atom. The number of anilines is 2. The second-order valence-electron chi connectivity index (χ2n) is 6.13. The number of hydrazine groups is 1. The molecule has 0 saturated heterocycles. The number of benzene rings is 3. The fourth-order valence-corrected chi connectivity index (χ4v) is 3.44. The lowest BCUT2D eigenvalue weighted by Gasteiger charge is -2.37. The Bertz CT molecular complexity index is 951. The molecule has 1 aliphatic rings. The standard InChI is InChI=1S/C22H19N3O/c23-24-22(26)19-15-21(16-9-3-1-4-10-16)25(17-11-5-2-6-12-17)20-14-8-7-13-18(19)20/h1-15,21H,23H2,(H,24,26). The van der Waals surface area contributed by atoms with E-state index in [0.29, 0.717) is 5.57 Å². The molecule has 0 bridgehead atoms. The molecule has 0 saturated carbocycles. The van der Waals surface area contributed by atoms with Gasteiger partial charge in [-0.25, -0.2) is 5.84 Å². The van der Waals surface area contributed by atoms with Crippen molar-refractivity contribution in [1.29, 1.82) is 0 Å². The van der Waals surface area contributed by atoms with Crippen LogP contribution >= 0.6 is 0 Å². The molecule has 1 aliphatic heterocycles. The van der Waals surface area contributed by atoms with Crippen LogP contribution in [0.2, 0.25) is 0 Å². The van der Waals surface area contributed by atoms with Gasteiger partial charge in [-0.05, 0) is 29.8 Å². The summed E-state index contributed by atoms with van der Waals surface area (Å²) in [7, 11) is 0. The lowest BCUT2D eigenvalue weighted by Crippen LogP contribution is -2.34. The maximum atomic E-state index is 12.4. The van der Waals surface area contributed by atoms with Gasteiger partial charge in [0.25, 0.3) is 5.91 Å². The van der Waals surface area contributed by atoms with E-state index in [1.165, 1.54) is 0 Å². The summed E-state index contributed by atoms with van der Waals surface area (Å²) in [6.07, 6.45) is 1.98. The highest BCUT2D eigenvalue weighted by atomic mass is 16.2. The third-order valence-electron chi connectivity index (χ3n) is 4.61. The number of carbonyl (C=O) groups is 1. The van der Waals surface area contributed by atoms with Crippen molar-refractivity contribution in [3.05, 3.63) is 102 Å². The number of para-hydroxylation sites is 2. The molecule has 26 heavy (non-hydrogen) atoms. The highest BCUT2D eigenvalue weighted by molar-refractivity contribution is 6.22. The van der Waals surface area contributed by atoms with Gasteiger partial charge in [-0.2, -0.15) is 0 Å². The third-order valence-corrected chi connectivity index (χ3v) is 4.61. The van der Waals surface area contributed by atoms with Crippen molar-refractivity contribution in [2.75, 3.05) is 4.90 Å². The molecule has 0 aromatic heterocycles. The first-order chi connectivity index (χ1) is 12.8. The first-order valence-electron chi connectivity index (χ1n) is 8.51. The Hall–Kier alpha value is -3.37. The van der Waals surface area contributed by atoms with E-state index in [1.807, 2.05) is 66.7 Å². The fraction of sp³-hybridized carbons (Fsp3) is 0.0455. The van der Waals surface area contributed by atoms with Gasteiger partial charge in [0.15, 0.2) is 0 Å². The van der Waals surface area contributed by atoms with Crippen molar-refractivity contribution in [2.24, 2.45) is 5.84 Å². The summed E-state index contributed by atoms with van der Waals surface area (Å²) in [4.78, 5) is 14.7. The molecular formula is C22H19N3O. The van der Waals surface area contributed by atoms with E-state index < -0.39 is 0 Å². The summed E-state index contributed by atoms with van der Waals surface area (Å²) in [5.41, 5.74) is 6.88. The normalized spacial score (nSPS) is 15.8. The molecule has 1 amide bonds. The van der Waals surface area contributed by atoms with Crippen LogP contribution in [-0.4, -0.2) is 5.91 Å². The van der Waals surface area contributed by atoms with E-state index in [9.17, 15) is 4.79 Å². The summed E-state index contributed by atoms with van der Waals surface area (Å²) in [6.45, 7) is 0. The Balaban J connectivity index is 1.96. The van der Waals surface area contributed by atoms with Crippen molar-refractivity contribution in [1.82, 2.24) is 5.43 Å². The maximum Gasteiger partial charge on any atom is 0.265 e. The molecule has 4 heteroatoms. The van der Waals surface area contributed by atoms with Crippen LogP contribution in [-0.2, 0) is 4.79 Å². The summed E-state index contributed by atoms with van der Waals surface area (Å²) in [5.74, 6) is 5.15. The number of nitrogens with one attached hydrogen (secondary N) is 1. The monoisotopic (exact) mass is 341 g/mol. The highest BCUT2D eigenvalue weighted by Crippen LogP contribution is 2.44. The van der Waals surface area contributed by atoms with E-state index in [2.05, 4.69) is 34.6 Å². The minimum absolute atomic E-state index is 0.110. The molecule has 0 fully saturated rings. The van der Waals surface area contributed by atoms with Gasteiger partial charge in [-0.15, -0.1) is 0 Å². The molecule has 3 aromatic carbocycles. The predicted molar refractivity (Wildman–Crippen MR) is 105 cm³/mol. The number of fused-ring (bicyclic) bond motifs is 1. The van der Waals surface area contributed by atoms with E-state index in [4.69, 9.17) is 5.84 Å². The van der Waals surface area contributed by atoms with Gasteiger partial charge in [0.2, 0.25) is 0 Å². The molecule has 0 spiro atoms. The van der Waals surface area contributed by atoms with Crippen LogP contribution in [0.3, 0.4) is 0 Å². The molecule has 4 nitrogen and oxygen atoms in total. The lowest BCUT2D eigenvalue weighted by atomic mass is 9.90. The first kappa shape index (κ1) is 16.1. The zero-order valence-electron chi connectivity index (χ0n) is 14.2. The number of nitrogens with zero attached hydrogens (tertiary/aromatic N) is 1. The predicted octanol–water partition coefficient (Wildman–Crippen LogP) is 3.95. The van der Waals surface area contributed by atoms with Gasteiger partial charge in [0.05, 0.1) is 11.7 Å². The van der Waals surface area contributed by atoms with Crippen molar-refractivity contribution in [2.45, 2.75) is 6.04 Å². The van der Waals surface area contributed by atoms with E-state index >= 15 is 0 Å². The summed E-state index contributed by atoms with van der Waals surface area (Å²) in [5, 5.41) is 0. The van der Waals surface area contributed by atoms with Crippen LogP contribution in [0.4, 0.5) is 11.4 Å². The van der Waals surface area contributed by atoms with Crippen LogP contribution in [0.1, 0.15) is 17.2 Å². The highest BCUT2D eigenvalue weighted by Gasteiger charge is 2.30. The largest absolute Gasteiger partial charge is 0.330 e. The minimum atomic E-state index is -0.286. The third kappa shape index (κ3) is 2.76. The zero-order valence-corrected chi connectivity index (χ0v) is 14.2. The smallest absolute Gasteiger partial charge is 0.265 e. The Morgan fingerprint density at radius 3 is 2.15 bits per heavy atom. The van der Waals surface area contributed by atoms with Crippen molar-refractivity contribution >= 4 is 22.9 Å². The number of rotatable bonds is 3. The SMILES string of the molecule is NNC(=O)C1=CC(c2ccccc2)N(c2ccccc2)c2ccccc21. The molecule has 3 aromatic rings. The molecule has 1 unspecified atom stereocenters. The molecule has 3 N–H and O–H groups in total. The zero-order chi connectivity index (χ0) is 17.9. The van der Waals surface area contributed by atoms with Crippen molar-refractivity contribution < 1.29 is 4.79 Å². The van der Waals surface area contributed by atoms with E-state index in [1.54, 1.807) is 0 Å². The number of carbonyl (C=O) groups excluding carboxylic acids is 1. The first-order valence-corrected chi connectivity index (χ1v) is 8.51. The minimum Gasteiger partial charge on any atom is -0.330 e. The summed E-state index contributed by atoms with van der Waals surface area (Å²) >= 11 is 0. The number of hydrogen-bond acceptors (Lipinski definition) is 3. The van der Waals surface area contributed by atoms with Crippen LogP contribution in [0, 0.1) is 0 Å². The second-order valence-corrected chi connectivity index (χ2v) is 6.13. The number of nitrogens with two attached hydrogens (primary N) is 1. The van der Waals surface area contributed by atoms with E-state index in [0.717, 1.165) is 22.5 Å². The average molecular weight is 341 g/mol. The summed E-state index contributed by atoms with van der Waals surface area (Å²) in [6, 6.07) is 28.1. The molecule has 128 valence electrons. The lowest BCUT2D eigenvalue weighted by molar-refractivity contribution is -0.115. The second kappa shape index (κ2) is 6.86. The Morgan fingerprint density at radius 1 is 0.846 bits per heavy atom. The fourth-order valence-electron chi connectivity index (χ4n) is 3.44. The van der Waals surface area contributed by atoms with Crippen molar-refractivity contribution in [3.63, 3.8) is 0 Å². The van der Waals surface area contributed by atoms with Gasteiger partial charge < -0.3 is 4.90 Å². The van der Waals surface area contributed by atoms with Crippen LogP contribution < -0.4 is 16.2 Å². The molecule has 1 heterocycles. The van der Waals surface area contributed by atoms with Crippen LogP contribution in [0.5, 0.6) is 0 Å². The van der Waals surface area contributed by atoms with Gasteiger partial charge in [0.1, 0.15) is 0 Å². The molecule has 0 aliphatic carbocycles. The van der Waals surface area contributed by atoms with Crippen molar-refractivity contribution in [3.8, 4) is 0 Å². The Labute approximate surface area is 152 Å². The quantitative estimate of drug-likeness (QED) is 0.431. The number of hydrogen-bond donors (Lipinski definition) is 2. The molecule has 1 atom stereocenters. The summed E-state index contributed by atoms with van der Waals surface area (Å²) < 4.78 is 0. The molecular weight excluding hydrogens is 322 g/mol.